The minimum atomic E-state index is -0.347. The number of nitrogens with one attached hydrogen (secondary N) is 1. The Labute approximate surface area is 161 Å². The summed E-state index contributed by atoms with van der Waals surface area (Å²) in [5, 5.41) is 2.37. The van der Waals surface area contributed by atoms with E-state index in [2.05, 4.69) is 10.3 Å². The van der Waals surface area contributed by atoms with Crippen LogP contribution in [-0.2, 0) is 4.74 Å². The lowest BCUT2D eigenvalue weighted by Gasteiger charge is -2.55. The molecule has 1 aromatic heterocycles. The first kappa shape index (κ1) is 18.7. The number of hydrogen-bond donors (Lipinski definition) is 2. The average Bonchev–Trinajstić information content (AvgIpc) is 2.87. The van der Waals surface area contributed by atoms with Crippen molar-refractivity contribution in [2.45, 2.75) is 77.8 Å². The summed E-state index contributed by atoms with van der Waals surface area (Å²) in [5.74, 6) is 2.38. The molecule has 1 aromatic rings. The van der Waals surface area contributed by atoms with E-state index in [1.807, 2.05) is 20.8 Å². The number of H-pyrrole nitrogens is 1. The van der Waals surface area contributed by atoms with Gasteiger partial charge in [0.2, 0.25) is 5.78 Å². The SMILES string of the molecule is CCOC(=O)c1c(C)[nH]c(C(=O)[C@@H](C)[NH2+]C23CC4CC(CC(C4)C2)C3)c1C. The van der Waals surface area contributed by atoms with Gasteiger partial charge in [-0.3, -0.25) is 4.79 Å². The highest BCUT2D eigenvalue weighted by atomic mass is 16.5. The molecular weight excluding hydrogens is 340 g/mol. The number of ketones is 1. The molecule has 4 aliphatic carbocycles. The fourth-order valence-corrected chi connectivity index (χ4v) is 6.72. The summed E-state index contributed by atoms with van der Waals surface area (Å²) in [5.41, 5.74) is 2.80. The number of quaternary nitrogens is 1. The smallest absolute Gasteiger partial charge is 0.340 e. The van der Waals surface area contributed by atoms with Crippen LogP contribution in [0.2, 0.25) is 0 Å². The number of aromatic nitrogens is 1. The van der Waals surface area contributed by atoms with Gasteiger partial charge in [-0.2, -0.15) is 0 Å². The van der Waals surface area contributed by atoms with Gasteiger partial charge in [0.1, 0.15) is 6.04 Å². The quantitative estimate of drug-likeness (QED) is 0.595. The normalized spacial score (nSPS) is 32.5. The summed E-state index contributed by atoms with van der Waals surface area (Å²) in [4.78, 5) is 28.6. The Bertz CT molecular complexity index is 729. The van der Waals surface area contributed by atoms with Crippen molar-refractivity contribution in [1.82, 2.24) is 4.98 Å². The first-order valence-electron chi connectivity index (χ1n) is 10.6. The van der Waals surface area contributed by atoms with Crippen molar-refractivity contribution in [3.8, 4) is 0 Å². The zero-order chi connectivity index (χ0) is 19.3. The van der Waals surface area contributed by atoms with Crippen molar-refractivity contribution in [3.63, 3.8) is 0 Å². The van der Waals surface area contributed by atoms with E-state index in [0.29, 0.717) is 17.9 Å². The molecule has 5 heteroatoms. The largest absolute Gasteiger partial charge is 0.462 e. The van der Waals surface area contributed by atoms with Crippen LogP contribution in [0.4, 0.5) is 0 Å². The molecule has 5 nitrogen and oxygen atoms in total. The molecule has 0 aliphatic heterocycles. The second-order valence-electron chi connectivity index (χ2n) is 9.44. The first-order valence-corrected chi connectivity index (χ1v) is 10.6. The molecule has 0 saturated heterocycles. The number of carbonyl (C=O) groups is 2. The van der Waals surface area contributed by atoms with Crippen molar-refractivity contribution in [2.75, 3.05) is 6.61 Å². The standard InChI is InChI=1S/C22H32N2O3/c1-5-27-21(26)18-12(2)19(23-13(18)3)20(25)14(4)24-22-9-15-6-16(10-22)8-17(7-15)11-22/h14-17,23-24H,5-11H2,1-4H3/p+1/t14-,15?,16?,17?,22?/m1/s1. The molecule has 1 atom stereocenters. The third-order valence-corrected chi connectivity index (χ3v) is 7.27. The maximum absolute atomic E-state index is 13.2. The fraction of sp³-hybridized carbons (Fsp3) is 0.727. The van der Waals surface area contributed by atoms with Gasteiger partial charge in [0, 0.05) is 25.0 Å². The lowest BCUT2D eigenvalue weighted by Crippen LogP contribution is -3.03. The lowest BCUT2D eigenvalue weighted by molar-refractivity contribution is -0.753. The molecule has 5 rings (SSSR count). The van der Waals surface area contributed by atoms with Gasteiger partial charge in [-0.1, -0.05) is 0 Å². The minimum absolute atomic E-state index is 0.0990. The number of aryl methyl sites for hydroxylation is 1. The Morgan fingerprint density at radius 2 is 1.70 bits per heavy atom. The van der Waals surface area contributed by atoms with Crippen molar-refractivity contribution in [1.29, 1.82) is 0 Å². The van der Waals surface area contributed by atoms with E-state index in [-0.39, 0.29) is 23.3 Å². The Hall–Kier alpha value is -1.62. The monoisotopic (exact) mass is 373 g/mol. The van der Waals surface area contributed by atoms with Gasteiger partial charge < -0.3 is 15.0 Å². The predicted molar refractivity (Wildman–Crippen MR) is 103 cm³/mol. The van der Waals surface area contributed by atoms with Gasteiger partial charge >= 0.3 is 5.97 Å². The molecule has 4 bridgehead atoms. The summed E-state index contributed by atoms with van der Waals surface area (Å²) < 4.78 is 5.16. The maximum Gasteiger partial charge on any atom is 0.340 e. The molecule has 4 saturated carbocycles. The maximum atomic E-state index is 13.2. The average molecular weight is 374 g/mol. The van der Waals surface area contributed by atoms with Gasteiger partial charge in [-0.15, -0.1) is 0 Å². The molecule has 0 spiro atoms. The molecule has 148 valence electrons. The van der Waals surface area contributed by atoms with E-state index in [1.165, 1.54) is 38.5 Å². The predicted octanol–water partition coefficient (Wildman–Crippen LogP) is 2.91. The van der Waals surface area contributed by atoms with E-state index < -0.39 is 0 Å². The summed E-state index contributed by atoms with van der Waals surface area (Å²) in [7, 11) is 0. The van der Waals surface area contributed by atoms with Crippen LogP contribution in [0.25, 0.3) is 0 Å². The molecule has 1 heterocycles. The highest BCUT2D eigenvalue weighted by Gasteiger charge is 2.54. The number of carbonyl (C=O) groups excluding carboxylic acids is 2. The molecule has 27 heavy (non-hydrogen) atoms. The topological polar surface area (TPSA) is 75.8 Å². The first-order chi connectivity index (χ1) is 12.8. The molecule has 4 aliphatic rings. The van der Waals surface area contributed by atoms with E-state index >= 15 is 0 Å². The Balaban J connectivity index is 1.52. The number of nitrogens with two attached hydrogens (primary N) is 1. The van der Waals surface area contributed by atoms with Crippen molar-refractivity contribution in [3.05, 3.63) is 22.5 Å². The lowest BCUT2D eigenvalue weighted by atomic mass is 9.53. The van der Waals surface area contributed by atoms with Gasteiger partial charge in [-0.05, 0) is 70.3 Å². The second-order valence-corrected chi connectivity index (χ2v) is 9.44. The summed E-state index contributed by atoms with van der Waals surface area (Å²) >= 11 is 0. The van der Waals surface area contributed by atoms with E-state index in [4.69, 9.17) is 4.74 Å². The van der Waals surface area contributed by atoms with Crippen LogP contribution in [0, 0.1) is 31.6 Å². The van der Waals surface area contributed by atoms with Crippen LogP contribution in [0.5, 0.6) is 0 Å². The number of hydrogen-bond acceptors (Lipinski definition) is 3. The number of aromatic amines is 1. The van der Waals surface area contributed by atoms with Crippen LogP contribution in [0.15, 0.2) is 0 Å². The van der Waals surface area contributed by atoms with Crippen LogP contribution in [0.3, 0.4) is 0 Å². The summed E-state index contributed by atoms with van der Waals surface area (Å²) in [6.45, 7) is 7.84. The third-order valence-electron chi connectivity index (χ3n) is 7.27. The molecule has 0 unspecified atom stereocenters. The molecule has 0 aromatic carbocycles. The number of rotatable bonds is 6. The minimum Gasteiger partial charge on any atom is -0.462 e. The Kier molecular flexibility index (Phi) is 4.69. The third kappa shape index (κ3) is 3.24. The Morgan fingerprint density at radius 1 is 1.15 bits per heavy atom. The van der Waals surface area contributed by atoms with Gasteiger partial charge in [0.25, 0.3) is 0 Å². The second kappa shape index (κ2) is 6.77. The Morgan fingerprint density at radius 3 is 2.22 bits per heavy atom. The molecular formula is C22H33N2O3+. The molecule has 3 N–H and O–H groups in total. The van der Waals surface area contributed by atoms with Gasteiger partial charge in [0.05, 0.1) is 23.4 Å². The molecule has 0 amide bonds. The van der Waals surface area contributed by atoms with Crippen molar-refractivity contribution >= 4 is 11.8 Å². The van der Waals surface area contributed by atoms with Crippen LogP contribution >= 0.6 is 0 Å². The zero-order valence-electron chi connectivity index (χ0n) is 17.1. The number of ether oxygens (including phenoxy) is 1. The van der Waals surface area contributed by atoms with Gasteiger partial charge in [0.15, 0.2) is 0 Å². The zero-order valence-corrected chi connectivity index (χ0v) is 17.1. The van der Waals surface area contributed by atoms with Gasteiger partial charge in [-0.25, -0.2) is 4.79 Å². The highest BCUT2D eigenvalue weighted by Crippen LogP contribution is 2.54. The van der Waals surface area contributed by atoms with E-state index in [9.17, 15) is 9.59 Å². The number of Topliss-reactive ketones (excluding diaryl/α,β-unsaturated/α-hetero) is 1. The molecule has 0 radical (unpaired) electrons. The van der Waals surface area contributed by atoms with Crippen LogP contribution in [-0.4, -0.2) is 34.9 Å². The fourth-order valence-electron chi connectivity index (χ4n) is 6.72. The van der Waals surface area contributed by atoms with E-state index in [0.717, 1.165) is 29.0 Å². The van der Waals surface area contributed by atoms with Crippen LogP contribution in [0.1, 0.15) is 84.5 Å². The number of esters is 1. The van der Waals surface area contributed by atoms with E-state index in [1.54, 1.807) is 6.92 Å². The molecule has 4 fully saturated rings. The summed E-state index contributed by atoms with van der Waals surface area (Å²) in [6.07, 6.45) is 8.04. The van der Waals surface area contributed by atoms with Crippen molar-refractivity contribution < 1.29 is 19.6 Å². The summed E-state index contributed by atoms with van der Waals surface area (Å²) in [6, 6.07) is -0.131. The van der Waals surface area contributed by atoms with Crippen molar-refractivity contribution in [2.24, 2.45) is 17.8 Å². The van der Waals surface area contributed by atoms with Crippen LogP contribution < -0.4 is 5.32 Å². The highest BCUT2D eigenvalue weighted by molar-refractivity contribution is 6.03.